The molecule has 51 heavy (non-hydrogen) atoms. The molecule has 1 aliphatic rings. The van der Waals surface area contributed by atoms with Crippen molar-refractivity contribution in [3.63, 3.8) is 0 Å². The molecule has 262 valence electrons. The summed E-state index contributed by atoms with van der Waals surface area (Å²) >= 11 is 7.62. The molecule has 5 heterocycles. The molecular weight excluding hydrogens is 703 g/mol. The number of benzene rings is 1. The number of pyridine rings is 2. The second-order valence-corrected chi connectivity index (χ2v) is 14.1. The quantitative estimate of drug-likeness (QED) is 0.186. The average Bonchev–Trinajstić information content (AvgIpc) is 3.54. The number of anilines is 1. The van der Waals surface area contributed by atoms with Crippen LogP contribution in [0.1, 0.15) is 54.0 Å². The van der Waals surface area contributed by atoms with Crippen molar-refractivity contribution >= 4 is 55.8 Å². The Labute approximate surface area is 299 Å². The van der Waals surface area contributed by atoms with E-state index in [2.05, 4.69) is 32.9 Å². The number of rotatable bonds is 6. The number of hydrogen-bond donors (Lipinski definition) is 1. The first-order valence-corrected chi connectivity index (χ1v) is 17.1. The highest BCUT2D eigenvalue weighted by atomic mass is 35.5. The predicted octanol–water partition coefficient (Wildman–Crippen LogP) is 6.89. The van der Waals surface area contributed by atoms with Crippen LogP contribution in [0, 0.1) is 30.1 Å². The third-order valence-corrected chi connectivity index (χ3v) is 10.8. The summed E-state index contributed by atoms with van der Waals surface area (Å²) in [6.45, 7) is 4.37. The van der Waals surface area contributed by atoms with Gasteiger partial charge in [-0.05, 0) is 57.9 Å². The maximum Gasteiger partial charge on any atom is 0.406 e. The van der Waals surface area contributed by atoms with Gasteiger partial charge in [0.05, 0.1) is 39.4 Å². The minimum atomic E-state index is -4.38. The van der Waals surface area contributed by atoms with Crippen LogP contribution < -0.4 is 10.5 Å². The van der Waals surface area contributed by atoms with Crippen LogP contribution in [-0.2, 0) is 6.54 Å². The van der Waals surface area contributed by atoms with Crippen molar-refractivity contribution in [2.24, 2.45) is 0 Å². The Morgan fingerprint density at radius 3 is 2.57 bits per heavy atom. The lowest BCUT2D eigenvalue weighted by molar-refractivity contribution is -0.223. The molecule has 10 nitrogen and oxygen atoms in total. The minimum absolute atomic E-state index is 0.0330. The zero-order valence-electron chi connectivity index (χ0n) is 28.0. The number of carbonyl (C=O) groups is 1. The van der Waals surface area contributed by atoms with Crippen molar-refractivity contribution in [1.29, 1.82) is 5.26 Å². The fourth-order valence-corrected chi connectivity index (χ4v) is 7.59. The molecule has 0 unspecified atom stereocenters. The standard InChI is InChI=1S/C36H31ClF3N7O3S/c1-20-44-28-18-43-32(45(4)23-10-14-46(15-11-23)35(2,3)36(38,39)40)26(17-41)29(28)33(48)47(20)13-5-6-21-7-8-22(37)16-25(21)24-9-12-42-30-27(34(49)50)19-51-31(24)30/h7-9,12,16,18-19,23H,10-11,13-15H2,1-4H3,(H,49,50). The number of fused-ring (bicyclic) bond motifs is 2. The fraction of sp³-hybridized carbons (Fsp3) is 0.333. The van der Waals surface area contributed by atoms with E-state index < -0.39 is 23.2 Å². The SMILES string of the molecule is Cc1nc2cnc(N(C)C3CCN(C(C)(C)C(F)(F)F)CC3)c(C#N)c2c(=O)n1CC#Cc1ccc(Cl)cc1-c1ccnc2c(C(=O)O)csc12. The topological polar surface area (TPSA) is 128 Å². The average molecular weight is 734 g/mol. The summed E-state index contributed by atoms with van der Waals surface area (Å²) in [4.78, 5) is 42.2. The van der Waals surface area contributed by atoms with Crippen LogP contribution >= 0.6 is 22.9 Å². The van der Waals surface area contributed by atoms with E-state index in [4.69, 9.17) is 11.6 Å². The first-order chi connectivity index (χ1) is 24.1. The van der Waals surface area contributed by atoms with Crippen LogP contribution in [0.4, 0.5) is 19.0 Å². The summed E-state index contributed by atoms with van der Waals surface area (Å²) in [5.41, 5.74) is 0.257. The molecule has 4 aromatic heterocycles. The number of nitrogens with zero attached hydrogens (tertiary/aromatic N) is 7. The number of hydrogen-bond acceptors (Lipinski definition) is 9. The number of aromatic carboxylic acids is 1. The molecule has 0 saturated carbocycles. The van der Waals surface area contributed by atoms with Gasteiger partial charge < -0.3 is 10.0 Å². The van der Waals surface area contributed by atoms with Crippen LogP contribution in [0.2, 0.25) is 5.02 Å². The van der Waals surface area contributed by atoms with Gasteiger partial charge in [0.25, 0.3) is 5.56 Å². The summed E-state index contributed by atoms with van der Waals surface area (Å²) in [6, 6.07) is 8.86. The highest BCUT2D eigenvalue weighted by molar-refractivity contribution is 7.18. The van der Waals surface area contributed by atoms with Gasteiger partial charge in [-0.3, -0.25) is 19.2 Å². The Morgan fingerprint density at radius 2 is 1.90 bits per heavy atom. The number of likely N-dealkylation sites (tertiary alicyclic amines) is 1. The molecule has 0 atom stereocenters. The molecule has 1 aliphatic heterocycles. The molecule has 15 heteroatoms. The van der Waals surface area contributed by atoms with Gasteiger partial charge in [0, 0.05) is 59.5 Å². The third-order valence-electron chi connectivity index (χ3n) is 9.53. The molecule has 1 fully saturated rings. The number of piperidine rings is 1. The van der Waals surface area contributed by atoms with Crippen LogP contribution in [-0.4, -0.2) is 73.4 Å². The van der Waals surface area contributed by atoms with Gasteiger partial charge in [0.2, 0.25) is 0 Å². The molecule has 6 rings (SSSR count). The number of aromatic nitrogens is 4. The highest BCUT2D eigenvalue weighted by Gasteiger charge is 2.51. The van der Waals surface area contributed by atoms with Crippen molar-refractivity contribution < 1.29 is 23.1 Å². The molecule has 1 N–H and O–H groups in total. The van der Waals surface area contributed by atoms with E-state index in [1.165, 1.54) is 52.4 Å². The van der Waals surface area contributed by atoms with E-state index >= 15 is 0 Å². The largest absolute Gasteiger partial charge is 0.478 e. The number of carboxylic acid groups (broad SMARTS) is 1. The van der Waals surface area contributed by atoms with Crippen molar-refractivity contribution in [1.82, 2.24) is 24.4 Å². The van der Waals surface area contributed by atoms with Gasteiger partial charge >= 0.3 is 12.1 Å². The van der Waals surface area contributed by atoms with Gasteiger partial charge in [-0.1, -0.05) is 23.4 Å². The molecule has 0 radical (unpaired) electrons. The molecule has 1 saturated heterocycles. The normalized spacial score (nSPS) is 14.3. The Hall–Kier alpha value is -5.02. The van der Waals surface area contributed by atoms with E-state index in [1.807, 2.05) is 0 Å². The van der Waals surface area contributed by atoms with Crippen molar-refractivity contribution in [2.75, 3.05) is 25.0 Å². The lowest BCUT2D eigenvalue weighted by atomic mass is 9.95. The zero-order chi connectivity index (χ0) is 36.8. The van der Waals surface area contributed by atoms with Crippen molar-refractivity contribution in [3.8, 4) is 29.0 Å². The Balaban J connectivity index is 1.32. The fourth-order valence-electron chi connectivity index (χ4n) is 6.39. The lowest BCUT2D eigenvalue weighted by Gasteiger charge is -2.45. The first kappa shape index (κ1) is 35.8. The Bertz CT molecular complexity index is 2360. The molecule has 0 aliphatic carbocycles. The van der Waals surface area contributed by atoms with E-state index in [-0.39, 0.29) is 53.5 Å². The molecule has 1 aromatic carbocycles. The Kier molecular flexibility index (Phi) is 9.55. The molecular formula is C36H31ClF3N7O3S. The maximum atomic E-state index is 14.0. The van der Waals surface area contributed by atoms with Crippen LogP contribution in [0.15, 0.2) is 46.8 Å². The summed E-state index contributed by atoms with van der Waals surface area (Å²) < 4.78 is 43.0. The maximum absolute atomic E-state index is 14.0. The number of nitriles is 1. The van der Waals surface area contributed by atoms with Gasteiger partial charge in [0.1, 0.15) is 28.8 Å². The van der Waals surface area contributed by atoms with Crippen molar-refractivity contribution in [2.45, 2.75) is 57.9 Å². The van der Waals surface area contributed by atoms with E-state index in [9.17, 15) is 33.1 Å². The van der Waals surface area contributed by atoms with Crippen molar-refractivity contribution in [3.05, 3.63) is 79.9 Å². The van der Waals surface area contributed by atoms with Crippen LogP contribution in [0.5, 0.6) is 0 Å². The molecule has 0 spiro atoms. The van der Waals surface area contributed by atoms with Gasteiger partial charge in [-0.2, -0.15) is 18.4 Å². The van der Waals surface area contributed by atoms with Crippen LogP contribution in [0.25, 0.3) is 32.2 Å². The lowest BCUT2D eigenvalue weighted by Crippen LogP contribution is -2.58. The molecule has 5 aromatic rings. The number of carboxylic acids is 1. The summed E-state index contributed by atoms with van der Waals surface area (Å²) in [7, 11) is 1.73. The third kappa shape index (κ3) is 6.51. The first-order valence-electron chi connectivity index (χ1n) is 15.9. The summed E-state index contributed by atoms with van der Waals surface area (Å²) in [6.07, 6.45) is -0.584. The van der Waals surface area contributed by atoms with E-state index in [0.29, 0.717) is 50.6 Å². The van der Waals surface area contributed by atoms with Gasteiger partial charge in [0.15, 0.2) is 0 Å². The van der Waals surface area contributed by atoms with Gasteiger partial charge in [-0.25, -0.2) is 14.8 Å². The zero-order valence-corrected chi connectivity index (χ0v) is 29.5. The second-order valence-electron chi connectivity index (χ2n) is 12.7. The second kappa shape index (κ2) is 13.6. The number of thiophene rings is 1. The number of halogens is 4. The van der Waals surface area contributed by atoms with Crippen LogP contribution in [0.3, 0.4) is 0 Å². The summed E-state index contributed by atoms with van der Waals surface area (Å²) in [5.74, 6) is 5.71. The molecule has 0 amide bonds. The van der Waals surface area contributed by atoms with Gasteiger partial charge in [-0.15, -0.1) is 11.3 Å². The number of aryl methyl sites for hydroxylation is 1. The van der Waals surface area contributed by atoms with E-state index in [1.54, 1.807) is 43.1 Å². The highest BCUT2D eigenvalue weighted by Crippen LogP contribution is 2.38. The minimum Gasteiger partial charge on any atom is -0.478 e. The monoisotopic (exact) mass is 733 g/mol. The summed E-state index contributed by atoms with van der Waals surface area (Å²) in [5, 5.41) is 21.9. The molecule has 0 bridgehead atoms. The number of alkyl halides is 3. The predicted molar refractivity (Wildman–Crippen MR) is 190 cm³/mol. The smallest absolute Gasteiger partial charge is 0.406 e. The Morgan fingerprint density at radius 1 is 1.18 bits per heavy atom. The van der Waals surface area contributed by atoms with E-state index in [0.717, 1.165) is 0 Å².